The van der Waals surface area contributed by atoms with Gasteiger partial charge in [-0.1, -0.05) is 13.3 Å². The molecule has 0 spiro atoms. The van der Waals surface area contributed by atoms with Gasteiger partial charge in [0.05, 0.1) is 24.7 Å². The molecule has 0 aliphatic rings. The molecule has 1 aromatic carbocycles. The second kappa shape index (κ2) is 12.6. The van der Waals surface area contributed by atoms with Crippen LogP contribution < -0.4 is 15.0 Å². The first-order chi connectivity index (χ1) is 14.6. The van der Waals surface area contributed by atoms with Crippen LogP contribution in [-0.2, 0) is 9.47 Å². The average molecular weight is 419 g/mol. The van der Waals surface area contributed by atoms with E-state index >= 15 is 0 Å². The first-order valence-electron chi connectivity index (χ1n) is 9.82. The topological polar surface area (TPSA) is 112 Å². The van der Waals surface area contributed by atoms with Gasteiger partial charge in [-0.2, -0.15) is 0 Å². The van der Waals surface area contributed by atoms with Gasteiger partial charge in [0.2, 0.25) is 11.6 Å². The number of hydrogen-bond acceptors (Lipinski definition) is 9. The van der Waals surface area contributed by atoms with Crippen LogP contribution in [0, 0.1) is 10.1 Å². The van der Waals surface area contributed by atoms with E-state index in [4.69, 9.17) is 14.2 Å². The fourth-order valence-electron chi connectivity index (χ4n) is 2.69. The Hall–Kier alpha value is -2.98. The largest absolute Gasteiger partial charge is 0.494 e. The quantitative estimate of drug-likeness (QED) is 0.280. The lowest BCUT2D eigenvalue weighted by molar-refractivity contribution is -0.383. The van der Waals surface area contributed by atoms with Crippen LogP contribution in [0.1, 0.15) is 19.8 Å². The summed E-state index contributed by atoms with van der Waals surface area (Å²) >= 11 is 0. The SMILES string of the molecule is CCCCOc1ccc(Nc2ncnc(N(CCOC)CCOC)c2[N+](=O)[O-])cc1. The number of anilines is 3. The van der Waals surface area contributed by atoms with Crippen molar-refractivity contribution in [3.8, 4) is 5.75 Å². The van der Waals surface area contributed by atoms with Gasteiger partial charge in [0.1, 0.15) is 12.1 Å². The normalized spacial score (nSPS) is 10.6. The zero-order valence-electron chi connectivity index (χ0n) is 17.7. The minimum atomic E-state index is -0.480. The predicted molar refractivity (Wildman–Crippen MR) is 115 cm³/mol. The van der Waals surface area contributed by atoms with E-state index in [0.717, 1.165) is 18.6 Å². The van der Waals surface area contributed by atoms with E-state index in [1.165, 1.54) is 6.33 Å². The van der Waals surface area contributed by atoms with E-state index in [-0.39, 0.29) is 17.3 Å². The van der Waals surface area contributed by atoms with E-state index < -0.39 is 4.92 Å². The van der Waals surface area contributed by atoms with Crippen molar-refractivity contribution >= 4 is 23.0 Å². The molecule has 0 saturated carbocycles. The molecule has 1 heterocycles. The number of unbranched alkanes of at least 4 members (excludes halogenated alkanes) is 1. The van der Waals surface area contributed by atoms with Gasteiger partial charge in [-0.15, -0.1) is 0 Å². The van der Waals surface area contributed by atoms with E-state index in [0.29, 0.717) is 38.6 Å². The Labute approximate surface area is 176 Å². The highest BCUT2D eigenvalue weighted by Crippen LogP contribution is 2.33. The third-order valence-electron chi connectivity index (χ3n) is 4.30. The molecule has 1 N–H and O–H groups in total. The van der Waals surface area contributed by atoms with Gasteiger partial charge in [0.25, 0.3) is 0 Å². The van der Waals surface area contributed by atoms with Gasteiger partial charge in [0.15, 0.2) is 0 Å². The highest BCUT2D eigenvalue weighted by Gasteiger charge is 2.27. The summed E-state index contributed by atoms with van der Waals surface area (Å²) in [5.41, 5.74) is 0.457. The number of methoxy groups -OCH3 is 2. The van der Waals surface area contributed by atoms with Crippen LogP contribution in [0.25, 0.3) is 0 Å². The molecule has 0 saturated heterocycles. The Morgan fingerprint density at radius 1 is 1.07 bits per heavy atom. The van der Waals surface area contributed by atoms with Crippen molar-refractivity contribution in [1.82, 2.24) is 9.97 Å². The number of nitro groups is 1. The van der Waals surface area contributed by atoms with Crippen LogP contribution in [0.15, 0.2) is 30.6 Å². The van der Waals surface area contributed by atoms with Gasteiger partial charge >= 0.3 is 5.69 Å². The lowest BCUT2D eigenvalue weighted by atomic mass is 10.3. The van der Waals surface area contributed by atoms with Gasteiger partial charge in [-0.3, -0.25) is 10.1 Å². The molecular weight excluding hydrogens is 390 g/mol. The lowest BCUT2D eigenvalue weighted by Crippen LogP contribution is -2.32. The summed E-state index contributed by atoms with van der Waals surface area (Å²) in [5, 5.41) is 14.9. The van der Waals surface area contributed by atoms with Gasteiger partial charge in [-0.25, -0.2) is 9.97 Å². The first-order valence-corrected chi connectivity index (χ1v) is 9.82. The minimum Gasteiger partial charge on any atom is -0.494 e. The highest BCUT2D eigenvalue weighted by molar-refractivity contribution is 5.74. The predicted octanol–water partition coefficient (Wildman–Crippen LogP) is 3.41. The number of nitrogens with one attached hydrogen (secondary N) is 1. The van der Waals surface area contributed by atoms with Crippen LogP contribution in [0.3, 0.4) is 0 Å². The summed E-state index contributed by atoms with van der Waals surface area (Å²) in [6.45, 7) is 4.41. The van der Waals surface area contributed by atoms with Gasteiger partial charge < -0.3 is 24.4 Å². The fourth-order valence-corrected chi connectivity index (χ4v) is 2.69. The maximum atomic E-state index is 11.9. The van der Waals surface area contributed by atoms with Crippen LogP contribution >= 0.6 is 0 Å². The Balaban J connectivity index is 2.25. The summed E-state index contributed by atoms with van der Waals surface area (Å²) in [7, 11) is 3.15. The van der Waals surface area contributed by atoms with Crippen LogP contribution in [0.5, 0.6) is 5.75 Å². The molecule has 2 aromatic rings. The third kappa shape index (κ3) is 6.82. The summed E-state index contributed by atoms with van der Waals surface area (Å²) < 4.78 is 15.9. The number of ether oxygens (including phenoxy) is 3. The number of hydrogen-bond donors (Lipinski definition) is 1. The van der Waals surface area contributed by atoms with Gasteiger partial charge in [-0.05, 0) is 30.7 Å². The van der Waals surface area contributed by atoms with Crippen molar-refractivity contribution in [2.24, 2.45) is 0 Å². The summed E-state index contributed by atoms with van der Waals surface area (Å²) in [6, 6.07) is 7.21. The zero-order valence-corrected chi connectivity index (χ0v) is 17.7. The van der Waals surface area contributed by atoms with Crippen molar-refractivity contribution < 1.29 is 19.1 Å². The molecule has 10 heteroatoms. The van der Waals surface area contributed by atoms with E-state index in [1.54, 1.807) is 31.3 Å². The number of aromatic nitrogens is 2. The summed E-state index contributed by atoms with van der Waals surface area (Å²) in [6.07, 6.45) is 3.35. The molecule has 0 unspecified atom stereocenters. The van der Waals surface area contributed by atoms with E-state index in [1.807, 2.05) is 12.1 Å². The Morgan fingerprint density at radius 3 is 2.30 bits per heavy atom. The lowest BCUT2D eigenvalue weighted by Gasteiger charge is -2.23. The second-order valence-corrected chi connectivity index (χ2v) is 6.48. The molecule has 1 aromatic heterocycles. The highest BCUT2D eigenvalue weighted by atomic mass is 16.6. The molecule has 164 valence electrons. The van der Waals surface area contributed by atoms with Crippen molar-refractivity contribution in [2.45, 2.75) is 19.8 Å². The Kier molecular flexibility index (Phi) is 9.75. The fraction of sp³-hybridized carbons (Fsp3) is 0.500. The maximum absolute atomic E-state index is 11.9. The molecule has 0 aliphatic heterocycles. The van der Waals surface area contributed by atoms with E-state index in [2.05, 4.69) is 22.2 Å². The number of rotatable bonds is 14. The number of benzene rings is 1. The van der Waals surface area contributed by atoms with Crippen molar-refractivity contribution in [2.75, 3.05) is 57.3 Å². The monoisotopic (exact) mass is 419 g/mol. The Bertz CT molecular complexity index is 780. The number of nitrogens with zero attached hydrogens (tertiary/aromatic N) is 4. The van der Waals surface area contributed by atoms with Gasteiger partial charge in [0, 0.05) is 33.0 Å². The summed E-state index contributed by atoms with van der Waals surface area (Å²) in [4.78, 5) is 21.4. The molecule has 0 bridgehead atoms. The molecular formula is C20H29N5O5. The minimum absolute atomic E-state index is 0.115. The summed E-state index contributed by atoms with van der Waals surface area (Å²) in [5.74, 6) is 1.08. The second-order valence-electron chi connectivity index (χ2n) is 6.48. The van der Waals surface area contributed by atoms with Crippen molar-refractivity contribution in [3.63, 3.8) is 0 Å². The molecule has 0 amide bonds. The third-order valence-corrected chi connectivity index (χ3v) is 4.30. The van der Waals surface area contributed by atoms with E-state index in [9.17, 15) is 10.1 Å². The molecule has 0 aliphatic carbocycles. The molecule has 30 heavy (non-hydrogen) atoms. The molecule has 0 radical (unpaired) electrons. The smallest absolute Gasteiger partial charge is 0.353 e. The molecule has 0 atom stereocenters. The zero-order chi connectivity index (χ0) is 21.8. The molecule has 10 nitrogen and oxygen atoms in total. The van der Waals surface area contributed by atoms with Crippen LogP contribution in [0.4, 0.5) is 23.0 Å². The van der Waals surface area contributed by atoms with Crippen LogP contribution in [-0.4, -0.2) is 62.0 Å². The standard InChI is InChI=1S/C20H29N5O5/c1-4-5-12-30-17-8-6-16(7-9-17)23-19-18(25(26)27)20(22-15-21-19)24(10-13-28-2)11-14-29-3/h6-9,15H,4-5,10-14H2,1-3H3,(H,21,22,23). The first kappa shape index (κ1) is 23.3. The molecule has 0 fully saturated rings. The maximum Gasteiger partial charge on any atom is 0.353 e. The van der Waals surface area contributed by atoms with Crippen LogP contribution in [0.2, 0.25) is 0 Å². The van der Waals surface area contributed by atoms with Crippen molar-refractivity contribution in [1.29, 1.82) is 0 Å². The van der Waals surface area contributed by atoms with Crippen molar-refractivity contribution in [3.05, 3.63) is 40.7 Å². The average Bonchev–Trinajstić information content (AvgIpc) is 2.75. The Morgan fingerprint density at radius 2 is 1.73 bits per heavy atom. The molecule has 2 rings (SSSR count).